The second kappa shape index (κ2) is 5.83. The largest absolute Gasteiger partial charge is 0.461 e. The molecule has 2 aromatic carbocycles. The standard InChI is InChI=1S/C15H8F4NO/c16-14(17)15(18,19)21-13-6-2-5-12(8-13)11-4-1-3-10(7-11)9-20/h1-5,7-8,14H. The highest BCUT2D eigenvalue weighted by Gasteiger charge is 2.44. The molecule has 0 atom stereocenters. The minimum absolute atomic E-state index is 0.390. The van der Waals surface area contributed by atoms with E-state index in [1.165, 1.54) is 6.07 Å². The van der Waals surface area contributed by atoms with Crippen molar-refractivity contribution in [2.24, 2.45) is 0 Å². The minimum atomic E-state index is -4.58. The van der Waals surface area contributed by atoms with E-state index in [0.29, 0.717) is 16.7 Å². The normalized spacial score (nSPS) is 11.2. The van der Waals surface area contributed by atoms with Gasteiger partial charge in [-0.1, -0.05) is 18.2 Å². The lowest BCUT2D eigenvalue weighted by Gasteiger charge is -2.17. The predicted octanol–water partition coefficient (Wildman–Crippen LogP) is 4.26. The van der Waals surface area contributed by atoms with Gasteiger partial charge in [0.1, 0.15) is 5.75 Å². The van der Waals surface area contributed by atoms with Crippen LogP contribution >= 0.6 is 0 Å². The van der Waals surface area contributed by atoms with Crippen LogP contribution in [0.5, 0.6) is 5.75 Å². The molecule has 1 radical (unpaired) electrons. The van der Waals surface area contributed by atoms with E-state index in [9.17, 15) is 17.6 Å². The number of hydrogen-bond donors (Lipinski definition) is 0. The zero-order chi connectivity index (χ0) is 15.5. The van der Waals surface area contributed by atoms with E-state index >= 15 is 0 Å². The SMILES string of the molecule is N#Cc1cccc(-c2cc[c]c(OC(F)(F)C(F)F)c2)c1. The van der Waals surface area contributed by atoms with Gasteiger partial charge in [-0.2, -0.15) is 22.8 Å². The third kappa shape index (κ3) is 3.51. The molecule has 0 fully saturated rings. The molecule has 2 nitrogen and oxygen atoms in total. The van der Waals surface area contributed by atoms with Crippen molar-refractivity contribution in [3.05, 3.63) is 54.1 Å². The van der Waals surface area contributed by atoms with Crippen molar-refractivity contribution in [3.63, 3.8) is 0 Å². The molecule has 0 aromatic heterocycles. The fourth-order valence-corrected chi connectivity index (χ4v) is 1.64. The van der Waals surface area contributed by atoms with Crippen LogP contribution in [-0.4, -0.2) is 12.5 Å². The number of nitriles is 1. The Hall–Kier alpha value is -2.55. The smallest absolute Gasteiger partial charge is 0.428 e. The minimum Gasteiger partial charge on any atom is -0.428 e. The molecular formula is C15H8F4NO. The highest BCUT2D eigenvalue weighted by atomic mass is 19.3. The van der Waals surface area contributed by atoms with E-state index in [1.807, 2.05) is 6.07 Å². The lowest BCUT2D eigenvalue weighted by atomic mass is 10.0. The molecule has 0 N–H and O–H groups in total. The topological polar surface area (TPSA) is 33.0 Å². The Labute approximate surface area is 118 Å². The summed E-state index contributed by atoms with van der Waals surface area (Å²) in [6.07, 6.45) is -8.51. The third-order valence-electron chi connectivity index (χ3n) is 2.60. The molecule has 0 spiro atoms. The molecule has 0 saturated carbocycles. The molecule has 0 aliphatic heterocycles. The molecule has 2 rings (SSSR count). The van der Waals surface area contributed by atoms with Crippen LogP contribution in [0, 0.1) is 17.4 Å². The lowest BCUT2D eigenvalue weighted by Crippen LogP contribution is -2.33. The summed E-state index contributed by atoms with van der Waals surface area (Å²) in [6, 6.07) is 14.7. The Balaban J connectivity index is 2.32. The van der Waals surface area contributed by atoms with Crippen LogP contribution in [-0.2, 0) is 0 Å². The average molecular weight is 294 g/mol. The second-order valence-corrected chi connectivity index (χ2v) is 4.10. The van der Waals surface area contributed by atoms with E-state index in [1.54, 1.807) is 30.3 Å². The van der Waals surface area contributed by atoms with Crippen LogP contribution in [0.4, 0.5) is 17.6 Å². The fourth-order valence-electron chi connectivity index (χ4n) is 1.64. The molecule has 6 heteroatoms. The Morgan fingerprint density at radius 1 is 1.14 bits per heavy atom. The number of benzene rings is 2. The van der Waals surface area contributed by atoms with Crippen LogP contribution in [0.2, 0.25) is 0 Å². The van der Waals surface area contributed by atoms with Gasteiger partial charge in [0.2, 0.25) is 0 Å². The number of alkyl halides is 4. The van der Waals surface area contributed by atoms with Crippen molar-refractivity contribution in [1.29, 1.82) is 5.26 Å². The van der Waals surface area contributed by atoms with Gasteiger partial charge in [-0.3, -0.25) is 0 Å². The maximum absolute atomic E-state index is 12.8. The number of halogens is 4. The van der Waals surface area contributed by atoms with Crippen molar-refractivity contribution >= 4 is 0 Å². The molecule has 0 aliphatic rings. The molecule has 0 amide bonds. The van der Waals surface area contributed by atoms with E-state index in [2.05, 4.69) is 10.8 Å². The van der Waals surface area contributed by atoms with Gasteiger partial charge in [-0.05, 0) is 35.4 Å². The Kier molecular flexibility index (Phi) is 4.13. The Morgan fingerprint density at radius 3 is 2.52 bits per heavy atom. The van der Waals surface area contributed by atoms with E-state index in [-0.39, 0.29) is 0 Å². The van der Waals surface area contributed by atoms with E-state index in [4.69, 9.17) is 5.26 Å². The fraction of sp³-hybridized carbons (Fsp3) is 0.133. The first-order valence-electron chi connectivity index (χ1n) is 5.79. The van der Waals surface area contributed by atoms with Crippen molar-refractivity contribution in [2.45, 2.75) is 12.5 Å². The third-order valence-corrected chi connectivity index (χ3v) is 2.60. The zero-order valence-electron chi connectivity index (χ0n) is 10.5. The number of hydrogen-bond acceptors (Lipinski definition) is 2. The highest BCUT2D eigenvalue weighted by Crippen LogP contribution is 2.30. The summed E-state index contributed by atoms with van der Waals surface area (Å²) in [6.45, 7) is 0. The summed E-state index contributed by atoms with van der Waals surface area (Å²) in [5, 5.41) is 8.81. The molecule has 0 heterocycles. The predicted molar refractivity (Wildman–Crippen MR) is 67.0 cm³/mol. The molecule has 0 bridgehead atoms. The summed E-state index contributed by atoms with van der Waals surface area (Å²) in [5.41, 5.74) is 1.42. The molecule has 2 aromatic rings. The van der Waals surface area contributed by atoms with Gasteiger partial charge in [-0.15, -0.1) is 0 Å². The number of ether oxygens (including phenoxy) is 1. The van der Waals surface area contributed by atoms with Crippen LogP contribution < -0.4 is 4.74 Å². The summed E-state index contributed by atoms with van der Waals surface area (Å²) >= 11 is 0. The molecule has 0 saturated heterocycles. The van der Waals surface area contributed by atoms with Gasteiger partial charge >= 0.3 is 12.5 Å². The van der Waals surface area contributed by atoms with Gasteiger partial charge in [-0.25, -0.2) is 0 Å². The summed E-state index contributed by atoms with van der Waals surface area (Å²) < 4.78 is 53.9. The Bertz CT molecular complexity index is 679. The first-order valence-corrected chi connectivity index (χ1v) is 5.79. The van der Waals surface area contributed by atoms with Crippen LogP contribution in [0.25, 0.3) is 11.1 Å². The monoisotopic (exact) mass is 294 g/mol. The second-order valence-electron chi connectivity index (χ2n) is 4.10. The van der Waals surface area contributed by atoms with Gasteiger partial charge < -0.3 is 4.74 Å². The molecule has 0 unspecified atom stereocenters. The van der Waals surface area contributed by atoms with E-state index in [0.717, 1.165) is 6.07 Å². The molecule has 0 aliphatic carbocycles. The zero-order valence-corrected chi connectivity index (χ0v) is 10.5. The quantitative estimate of drug-likeness (QED) is 0.789. The first kappa shape index (κ1) is 14.9. The van der Waals surface area contributed by atoms with Crippen molar-refractivity contribution in [3.8, 4) is 22.9 Å². The van der Waals surface area contributed by atoms with Crippen molar-refractivity contribution in [1.82, 2.24) is 0 Å². The summed E-state index contributed by atoms with van der Waals surface area (Å²) in [7, 11) is 0. The average Bonchev–Trinajstić information content (AvgIpc) is 2.47. The highest BCUT2D eigenvalue weighted by molar-refractivity contribution is 5.66. The number of rotatable bonds is 4. The molecule has 107 valence electrons. The Morgan fingerprint density at radius 2 is 1.86 bits per heavy atom. The van der Waals surface area contributed by atoms with Gasteiger partial charge in [0.05, 0.1) is 11.6 Å². The summed E-state index contributed by atoms with van der Waals surface area (Å²) in [5.74, 6) is -0.500. The van der Waals surface area contributed by atoms with Crippen LogP contribution in [0.3, 0.4) is 0 Å². The number of nitrogens with zero attached hydrogens (tertiary/aromatic N) is 1. The van der Waals surface area contributed by atoms with Gasteiger partial charge in [0.25, 0.3) is 0 Å². The van der Waals surface area contributed by atoms with Crippen LogP contribution in [0.1, 0.15) is 5.56 Å². The van der Waals surface area contributed by atoms with E-state index < -0.39 is 18.3 Å². The maximum atomic E-state index is 12.8. The lowest BCUT2D eigenvalue weighted by molar-refractivity contribution is -0.253. The van der Waals surface area contributed by atoms with Crippen molar-refractivity contribution < 1.29 is 22.3 Å². The summed E-state index contributed by atoms with van der Waals surface area (Å²) in [4.78, 5) is 0. The van der Waals surface area contributed by atoms with Gasteiger partial charge in [0.15, 0.2) is 0 Å². The molecule has 21 heavy (non-hydrogen) atoms. The maximum Gasteiger partial charge on any atom is 0.461 e. The van der Waals surface area contributed by atoms with Crippen molar-refractivity contribution in [2.75, 3.05) is 0 Å². The molecular weight excluding hydrogens is 286 g/mol. The van der Waals surface area contributed by atoms with Crippen LogP contribution in [0.15, 0.2) is 42.5 Å². The van der Waals surface area contributed by atoms with Gasteiger partial charge in [0, 0.05) is 6.07 Å². The first-order chi connectivity index (χ1) is 9.92.